The summed E-state index contributed by atoms with van der Waals surface area (Å²) in [5.41, 5.74) is 0.882. The van der Waals surface area contributed by atoms with Crippen molar-refractivity contribution in [3.63, 3.8) is 0 Å². The van der Waals surface area contributed by atoms with Crippen molar-refractivity contribution in [3.05, 3.63) is 52.7 Å². The monoisotopic (exact) mass is 373 g/mol. The third-order valence-corrected chi connectivity index (χ3v) is 4.77. The Bertz CT molecular complexity index is 819. The number of carboxylic acid groups (broad SMARTS) is 1. The van der Waals surface area contributed by atoms with Gasteiger partial charge < -0.3 is 15.3 Å². The van der Waals surface area contributed by atoms with Crippen LogP contribution in [0.15, 0.2) is 36.4 Å². The summed E-state index contributed by atoms with van der Waals surface area (Å²) in [7, 11) is 0. The van der Waals surface area contributed by atoms with Crippen molar-refractivity contribution < 1.29 is 14.7 Å². The maximum Gasteiger partial charge on any atom is 0.335 e. The Hall–Kier alpha value is -2.60. The van der Waals surface area contributed by atoms with Gasteiger partial charge in [0, 0.05) is 23.3 Å². The second kappa shape index (κ2) is 7.74. The zero-order valence-corrected chi connectivity index (χ0v) is 15.2. The standard InChI is InChI=1S/C19H20ClN3O3/c1-2-23(15-4-3-5-15)17-11-13(20)10-16(22-17)18(24)21-14-8-6-12(7-9-14)19(25)26/h6-11,15H,2-5H2,1H3,(H,21,24)(H,25,26). The number of nitrogens with zero attached hydrogens (tertiary/aromatic N) is 2. The molecular formula is C19H20ClN3O3. The van der Waals surface area contributed by atoms with E-state index in [9.17, 15) is 9.59 Å². The number of hydrogen-bond acceptors (Lipinski definition) is 4. The molecule has 1 aliphatic rings. The Morgan fingerprint density at radius 2 is 1.96 bits per heavy atom. The molecule has 1 saturated carbocycles. The number of benzene rings is 1. The van der Waals surface area contributed by atoms with E-state index in [1.54, 1.807) is 18.2 Å². The van der Waals surface area contributed by atoms with E-state index in [1.807, 2.05) is 0 Å². The van der Waals surface area contributed by atoms with Crippen LogP contribution < -0.4 is 10.2 Å². The van der Waals surface area contributed by atoms with Gasteiger partial charge in [-0.2, -0.15) is 0 Å². The van der Waals surface area contributed by atoms with Gasteiger partial charge in [0.1, 0.15) is 11.5 Å². The average Bonchev–Trinajstić information content (AvgIpc) is 2.57. The molecule has 0 spiro atoms. The van der Waals surface area contributed by atoms with Gasteiger partial charge in [0.15, 0.2) is 0 Å². The van der Waals surface area contributed by atoms with E-state index in [0.29, 0.717) is 22.6 Å². The van der Waals surface area contributed by atoms with Crippen LogP contribution in [0.1, 0.15) is 47.0 Å². The van der Waals surface area contributed by atoms with Crippen LogP contribution in [0.3, 0.4) is 0 Å². The number of halogens is 1. The van der Waals surface area contributed by atoms with Gasteiger partial charge in [-0.05, 0) is 62.6 Å². The van der Waals surface area contributed by atoms with Crippen molar-refractivity contribution in [2.75, 3.05) is 16.8 Å². The molecule has 1 aromatic carbocycles. The van der Waals surface area contributed by atoms with Crippen LogP contribution in [0.4, 0.5) is 11.5 Å². The Morgan fingerprint density at radius 1 is 1.27 bits per heavy atom. The lowest BCUT2D eigenvalue weighted by atomic mass is 9.91. The molecule has 3 rings (SSSR count). The molecule has 0 radical (unpaired) electrons. The van der Waals surface area contributed by atoms with Crippen molar-refractivity contribution in [2.45, 2.75) is 32.2 Å². The van der Waals surface area contributed by atoms with Crippen molar-refractivity contribution in [1.29, 1.82) is 0 Å². The number of nitrogens with one attached hydrogen (secondary N) is 1. The highest BCUT2D eigenvalue weighted by molar-refractivity contribution is 6.31. The fourth-order valence-corrected chi connectivity index (χ4v) is 3.14. The molecule has 26 heavy (non-hydrogen) atoms. The van der Waals surface area contributed by atoms with E-state index in [2.05, 4.69) is 22.1 Å². The van der Waals surface area contributed by atoms with Crippen LogP contribution in [0, 0.1) is 0 Å². The van der Waals surface area contributed by atoms with E-state index in [1.165, 1.54) is 24.6 Å². The van der Waals surface area contributed by atoms with Crippen molar-refractivity contribution in [1.82, 2.24) is 4.98 Å². The largest absolute Gasteiger partial charge is 0.478 e. The molecule has 0 aliphatic heterocycles. The van der Waals surface area contributed by atoms with Crippen LogP contribution in [0.25, 0.3) is 0 Å². The Balaban J connectivity index is 1.79. The predicted octanol–water partition coefficient (Wildman–Crippen LogP) is 4.06. The van der Waals surface area contributed by atoms with Crippen LogP contribution in [-0.2, 0) is 0 Å². The highest BCUT2D eigenvalue weighted by Crippen LogP contribution is 2.30. The lowest BCUT2D eigenvalue weighted by molar-refractivity contribution is 0.0696. The fourth-order valence-electron chi connectivity index (χ4n) is 2.94. The van der Waals surface area contributed by atoms with Crippen molar-refractivity contribution in [3.8, 4) is 0 Å². The number of aromatic carboxylic acids is 1. The molecule has 1 fully saturated rings. The first-order valence-electron chi connectivity index (χ1n) is 8.57. The Morgan fingerprint density at radius 3 is 2.50 bits per heavy atom. The molecule has 6 nitrogen and oxygen atoms in total. The third kappa shape index (κ3) is 3.96. The van der Waals surface area contributed by atoms with Gasteiger partial charge in [-0.25, -0.2) is 9.78 Å². The van der Waals surface area contributed by atoms with Gasteiger partial charge >= 0.3 is 5.97 Å². The van der Waals surface area contributed by atoms with E-state index in [-0.39, 0.29) is 17.2 Å². The number of anilines is 2. The van der Waals surface area contributed by atoms with Gasteiger partial charge in [-0.1, -0.05) is 11.6 Å². The van der Waals surface area contributed by atoms with Crippen molar-refractivity contribution in [2.24, 2.45) is 0 Å². The quantitative estimate of drug-likeness (QED) is 0.797. The van der Waals surface area contributed by atoms with Crippen LogP contribution in [0.5, 0.6) is 0 Å². The molecule has 0 atom stereocenters. The molecule has 1 aliphatic carbocycles. The van der Waals surface area contributed by atoms with Gasteiger partial charge in [0.05, 0.1) is 5.56 Å². The summed E-state index contributed by atoms with van der Waals surface area (Å²) in [5, 5.41) is 12.1. The number of aromatic nitrogens is 1. The summed E-state index contributed by atoms with van der Waals surface area (Å²) >= 11 is 6.21. The molecule has 0 unspecified atom stereocenters. The number of carbonyl (C=O) groups is 2. The maximum atomic E-state index is 12.5. The molecule has 1 heterocycles. The van der Waals surface area contributed by atoms with Gasteiger partial charge in [-0.3, -0.25) is 4.79 Å². The summed E-state index contributed by atoms with van der Waals surface area (Å²) in [6, 6.07) is 9.71. The van der Waals surface area contributed by atoms with E-state index in [4.69, 9.17) is 16.7 Å². The second-order valence-corrected chi connectivity index (χ2v) is 6.67. The van der Waals surface area contributed by atoms with Crippen molar-refractivity contribution >= 4 is 35.0 Å². The number of amides is 1. The molecule has 0 saturated heterocycles. The Kier molecular flexibility index (Phi) is 5.42. The third-order valence-electron chi connectivity index (χ3n) is 4.55. The lowest BCUT2D eigenvalue weighted by Crippen LogP contribution is -2.40. The topological polar surface area (TPSA) is 82.5 Å². The molecular weight excluding hydrogens is 354 g/mol. The fraction of sp³-hybridized carbons (Fsp3) is 0.316. The number of rotatable bonds is 6. The Labute approximate surface area is 156 Å². The highest BCUT2D eigenvalue weighted by Gasteiger charge is 2.25. The molecule has 0 bridgehead atoms. The summed E-state index contributed by atoms with van der Waals surface area (Å²) in [4.78, 5) is 30.1. The smallest absolute Gasteiger partial charge is 0.335 e. The summed E-state index contributed by atoms with van der Waals surface area (Å²) < 4.78 is 0. The summed E-state index contributed by atoms with van der Waals surface area (Å²) in [6.07, 6.45) is 3.46. The van der Waals surface area contributed by atoms with E-state index < -0.39 is 5.97 Å². The first-order chi connectivity index (χ1) is 12.5. The first kappa shape index (κ1) is 18.2. The molecule has 7 heteroatoms. The van der Waals surface area contributed by atoms with Crippen LogP contribution >= 0.6 is 11.6 Å². The van der Waals surface area contributed by atoms with Gasteiger partial charge in [0.2, 0.25) is 0 Å². The minimum atomic E-state index is -1.01. The van der Waals surface area contributed by atoms with Crippen LogP contribution in [0.2, 0.25) is 5.02 Å². The lowest BCUT2D eigenvalue weighted by Gasteiger charge is -2.37. The minimum absolute atomic E-state index is 0.158. The maximum absolute atomic E-state index is 12.5. The normalized spacial score (nSPS) is 13.8. The van der Waals surface area contributed by atoms with E-state index >= 15 is 0 Å². The van der Waals surface area contributed by atoms with E-state index in [0.717, 1.165) is 19.4 Å². The average molecular weight is 374 g/mol. The number of carbonyl (C=O) groups excluding carboxylic acids is 1. The molecule has 136 valence electrons. The zero-order valence-electron chi connectivity index (χ0n) is 14.4. The van der Waals surface area contributed by atoms with Gasteiger partial charge in [0.25, 0.3) is 5.91 Å². The predicted molar refractivity (Wildman–Crippen MR) is 101 cm³/mol. The second-order valence-electron chi connectivity index (χ2n) is 6.24. The summed E-state index contributed by atoms with van der Waals surface area (Å²) in [5.74, 6) is -0.697. The molecule has 1 amide bonds. The van der Waals surface area contributed by atoms with Gasteiger partial charge in [-0.15, -0.1) is 0 Å². The number of pyridine rings is 1. The number of carboxylic acids is 1. The number of hydrogen-bond donors (Lipinski definition) is 2. The molecule has 2 N–H and O–H groups in total. The zero-order chi connectivity index (χ0) is 18.7. The molecule has 1 aromatic heterocycles. The SMILES string of the molecule is CCN(c1cc(Cl)cc(C(=O)Nc2ccc(C(=O)O)cc2)n1)C1CCC1. The first-order valence-corrected chi connectivity index (χ1v) is 8.94. The molecule has 2 aromatic rings. The van der Waals surface area contributed by atoms with Crippen LogP contribution in [-0.4, -0.2) is 34.6 Å². The highest BCUT2D eigenvalue weighted by atomic mass is 35.5. The summed E-state index contributed by atoms with van der Waals surface area (Å²) in [6.45, 7) is 2.86. The minimum Gasteiger partial charge on any atom is -0.478 e.